The van der Waals surface area contributed by atoms with Gasteiger partial charge in [0.25, 0.3) is 0 Å². The van der Waals surface area contributed by atoms with Crippen molar-refractivity contribution in [2.45, 2.75) is 141 Å². The zero-order valence-electron chi connectivity index (χ0n) is 36.6. The first-order chi connectivity index (χ1) is 30.4. The van der Waals surface area contributed by atoms with Crippen LogP contribution in [0.5, 0.6) is 0 Å². The van der Waals surface area contributed by atoms with Crippen molar-refractivity contribution < 1.29 is 85.6 Å². The Kier molecular flexibility index (Phi) is 23.5. The third-order valence-corrected chi connectivity index (χ3v) is 14.1. The van der Waals surface area contributed by atoms with Crippen LogP contribution in [0.1, 0.15) is 110 Å². The molecule has 65 heavy (non-hydrogen) atoms. The number of unbranched alkanes of at least 4 members (excludes halogenated alkanes) is 7. The lowest BCUT2D eigenvalue weighted by atomic mass is 9.87. The first-order valence-corrected chi connectivity index (χ1v) is 26.7. The molecule has 372 valence electrons. The summed E-state index contributed by atoms with van der Waals surface area (Å²) in [5.74, 6) is -1.10. The van der Waals surface area contributed by atoms with Gasteiger partial charge in [0.1, 0.15) is 36.3 Å². The molecular formula is C36H64N7O18P3S. The minimum absolute atomic E-state index is 0.00353. The van der Waals surface area contributed by atoms with Crippen LogP contribution >= 0.6 is 35.2 Å². The largest absolute Gasteiger partial charge is 0.481 e. The maximum atomic E-state index is 12.7. The van der Waals surface area contributed by atoms with E-state index >= 15 is 0 Å². The van der Waals surface area contributed by atoms with Crippen LogP contribution in [0.3, 0.4) is 0 Å². The molecule has 0 bridgehead atoms. The van der Waals surface area contributed by atoms with Crippen LogP contribution in [0.2, 0.25) is 0 Å². The maximum Gasteiger partial charge on any atom is 0.481 e. The number of anilines is 1. The molecule has 0 aromatic carbocycles. The predicted molar refractivity (Wildman–Crippen MR) is 234 cm³/mol. The summed E-state index contributed by atoms with van der Waals surface area (Å²) in [6.45, 7) is 2.67. The van der Waals surface area contributed by atoms with Crippen molar-refractivity contribution in [3.63, 3.8) is 0 Å². The van der Waals surface area contributed by atoms with Crippen LogP contribution in [0.15, 0.2) is 12.7 Å². The summed E-state index contributed by atoms with van der Waals surface area (Å²) >= 11 is 1.10. The second-order valence-corrected chi connectivity index (χ2v) is 21.5. The van der Waals surface area contributed by atoms with Crippen LogP contribution < -0.4 is 16.4 Å². The van der Waals surface area contributed by atoms with Crippen LogP contribution in [0.4, 0.5) is 5.82 Å². The van der Waals surface area contributed by atoms with Crippen molar-refractivity contribution in [3.05, 3.63) is 12.7 Å². The van der Waals surface area contributed by atoms with Crippen LogP contribution in [-0.4, -0.2) is 134 Å². The van der Waals surface area contributed by atoms with Crippen molar-refractivity contribution in [1.29, 1.82) is 0 Å². The number of nitrogens with zero attached hydrogens (tertiary/aromatic N) is 4. The summed E-state index contributed by atoms with van der Waals surface area (Å²) in [7, 11) is -16.4. The van der Waals surface area contributed by atoms with Crippen LogP contribution in [-0.2, 0) is 50.7 Å². The van der Waals surface area contributed by atoms with E-state index in [1.54, 1.807) is 0 Å². The number of nitrogens with two attached hydrogens (primary N) is 1. The van der Waals surface area contributed by atoms with Gasteiger partial charge in [-0.1, -0.05) is 83.9 Å². The molecule has 8 unspecified atom stereocenters. The molecule has 2 amide bonds. The van der Waals surface area contributed by atoms with E-state index in [0.29, 0.717) is 12.2 Å². The lowest BCUT2D eigenvalue weighted by Gasteiger charge is -2.30. The third-order valence-electron chi connectivity index (χ3n) is 10.1. The van der Waals surface area contributed by atoms with Crippen molar-refractivity contribution >= 4 is 69.1 Å². The highest BCUT2D eigenvalue weighted by atomic mass is 32.2. The second kappa shape index (κ2) is 26.9. The fourth-order valence-electron chi connectivity index (χ4n) is 6.50. The number of carbonyl (C=O) groups excluding carboxylic acids is 3. The summed E-state index contributed by atoms with van der Waals surface area (Å²) < 4.78 is 62.3. The molecule has 1 aliphatic rings. The van der Waals surface area contributed by atoms with E-state index in [2.05, 4.69) is 41.3 Å². The summed E-state index contributed by atoms with van der Waals surface area (Å²) in [6.07, 6.45) is 4.22. The van der Waals surface area contributed by atoms with E-state index in [0.717, 1.165) is 73.9 Å². The van der Waals surface area contributed by atoms with E-state index in [1.165, 1.54) is 39.5 Å². The average molecular weight is 1010 g/mol. The van der Waals surface area contributed by atoms with Gasteiger partial charge in [0, 0.05) is 37.1 Å². The van der Waals surface area contributed by atoms with Crippen LogP contribution in [0.25, 0.3) is 11.2 Å². The van der Waals surface area contributed by atoms with Gasteiger partial charge in [-0.2, -0.15) is 4.31 Å². The molecule has 11 N–H and O–H groups in total. The number of hydrogen-bond acceptors (Lipinski definition) is 19. The first-order valence-electron chi connectivity index (χ1n) is 21.2. The Morgan fingerprint density at radius 3 is 2.23 bits per heavy atom. The smallest absolute Gasteiger partial charge is 0.393 e. The summed E-state index contributed by atoms with van der Waals surface area (Å²) in [6, 6.07) is 0. The number of fused-ring (bicyclic) bond motifs is 1. The number of nitrogens with one attached hydrogen (secondary N) is 2. The van der Waals surface area contributed by atoms with E-state index < -0.39 is 84.6 Å². The molecule has 1 saturated heterocycles. The second-order valence-electron chi connectivity index (χ2n) is 16.1. The van der Waals surface area contributed by atoms with Crippen molar-refractivity contribution in [2.24, 2.45) is 5.41 Å². The number of carbonyl (C=O) groups is 3. The van der Waals surface area contributed by atoms with E-state index in [1.807, 2.05) is 0 Å². The van der Waals surface area contributed by atoms with Crippen LogP contribution in [0, 0.1) is 5.41 Å². The number of nitrogen functional groups attached to an aromatic ring is 1. The Morgan fingerprint density at radius 2 is 1.55 bits per heavy atom. The first kappa shape index (κ1) is 56.8. The zero-order chi connectivity index (χ0) is 48.4. The van der Waals surface area contributed by atoms with Gasteiger partial charge in [-0.25, -0.2) is 28.6 Å². The average Bonchev–Trinajstić information content (AvgIpc) is 3.78. The molecule has 0 aliphatic carbocycles. The molecule has 2 aromatic heterocycles. The van der Waals surface area contributed by atoms with E-state index in [4.69, 9.17) is 19.5 Å². The molecule has 0 radical (unpaired) electrons. The SMILES string of the molecule is CCCCCCCCC(O)CCCCCC(=O)SCCNC(=O)CCNC(=O)C(O)C(C)(C)COP(=O)(O)OP(=O)(O)OCC1OC(n2cnc3c(N)ncnc32)C(O)C1OP(=O)(O)O. The maximum absolute atomic E-state index is 12.7. The molecule has 0 saturated carbocycles. The molecular weight excluding hydrogens is 943 g/mol. The zero-order valence-corrected chi connectivity index (χ0v) is 40.1. The number of hydrogen-bond donors (Lipinski definition) is 10. The lowest BCUT2D eigenvalue weighted by molar-refractivity contribution is -0.137. The molecule has 29 heteroatoms. The third kappa shape index (κ3) is 20.3. The number of thioether (sulfide) groups is 1. The fourth-order valence-corrected chi connectivity index (χ4v) is 10.0. The van der Waals surface area contributed by atoms with Gasteiger partial charge in [0.15, 0.2) is 22.8 Å². The number of aliphatic hydroxyl groups is 3. The lowest BCUT2D eigenvalue weighted by Crippen LogP contribution is -2.46. The Hall–Kier alpha value is -2.48. The number of imidazole rings is 1. The minimum atomic E-state index is -5.58. The minimum Gasteiger partial charge on any atom is -0.393 e. The van der Waals surface area contributed by atoms with Gasteiger partial charge in [-0.15, -0.1) is 0 Å². The monoisotopic (exact) mass is 1010 g/mol. The Bertz CT molecular complexity index is 1980. The van der Waals surface area contributed by atoms with Crippen molar-refractivity contribution in [3.8, 4) is 0 Å². The topological polar surface area (TPSA) is 384 Å². The fraction of sp³-hybridized carbons (Fsp3) is 0.778. The molecule has 8 atom stereocenters. The Morgan fingerprint density at radius 1 is 0.908 bits per heavy atom. The summed E-state index contributed by atoms with van der Waals surface area (Å²) in [5.41, 5.74) is 4.26. The molecule has 1 fully saturated rings. The highest BCUT2D eigenvalue weighted by Gasteiger charge is 2.50. The number of rotatable bonds is 32. The predicted octanol–water partition coefficient (Wildman–Crippen LogP) is 2.73. The number of aromatic nitrogens is 4. The molecule has 3 rings (SSSR count). The van der Waals surface area contributed by atoms with E-state index in [-0.39, 0.29) is 47.7 Å². The van der Waals surface area contributed by atoms with Gasteiger partial charge in [-0.3, -0.25) is 32.5 Å². The molecule has 0 spiro atoms. The number of phosphoric acid groups is 3. The number of phosphoric ester groups is 3. The highest BCUT2D eigenvalue weighted by Crippen LogP contribution is 2.61. The molecule has 3 heterocycles. The van der Waals surface area contributed by atoms with Gasteiger partial charge in [0.2, 0.25) is 11.8 Å². The molecule has 2 aromatic rings. The standard InChI is InChI=1S/C36H64N7O18P3S/c1-4-5-6-7-8-10-13-24(44)14-11-9-12-15-27(46)65-19-18-38-26(45)16-17-39-34(49)31(48)36(2,3)21-58-64(55,56)61-63(53,54)57-20-25-30(60-62(50,51)52)29(47)35(59-25)43-23-42-28-32(37)40-22-41-33(28)43/h22-25,29-31,35,44,47-48H,4-21H2,1-3H3,(H,38,45)(H,39,49)(H,53,54)(H,55,56)(H2,37,40,41)(H2,50,51,52). The quantitative estimate of drug-likeness (QED) is 0.0372. The summed E-state index contributed by atoms with van der Waals surface area (Å²) in [4.78, 5) is 88.2. The van der Waals surface area contributed by atoms with Gasteiger partial charge in [-0.05, 0) is 19.3 Å². The van der Waals surface area contributed by atoms with Crippen molar-refractivity contribution in [1.82, 2.24) is 30.2 Å². The number of aliphatic hydroxyl groups excluding tert-OH is 3. The van der Waals surface area contributed by atoms with Gasteiger partial charge < -0.3 is 56.0 Å². The van der Waals surface area contributed by atoms with Crippen molar-refractivity contribution in [2.75, 3.05) is 37.8 Å². The molecule has 25 nitrogen and oxygen atoms in total. The van der Waals surface area contributed by atoms with E-state index in [9.17, 15) is 63.0 Å². The Labute approximate surface area is 380 Å². The van der Waals surface area contributed by atoms with Gasteiger partial charge >= 0.3 is 23.5 Å². The van der Waals surface area contributed by atoms with Gasteiger partial charge in [0.05, 0.1) is 25.6 Å². The normalized spacial score (nSPS) is 20.8. The number of ether oxygens (including phenoxy) is 1. The number of amides is 2. The molecule has 1 aliphatic heterocycles. The Balaban J connectivity index is 1.34. The highest BCUT2D eigenvalue weighted by molar-refractivity contribution is 8.13. The summed E-state index contributed by atoms with van der Waals surface area (Å²) in [5, 5.41) is 36.7.